The molecule has 30 heavy (non-hydrogen) atoms. The van der Waals surface area contributed by atoms with Crippen molar-refractivity contribution in [1.82, 2.24) is 5.32 Å². The zero-order valence-corrected chi connectivity index (χ0v) is 18.1. The van der Waals surface area contributed by atoms with E-state index in [0.29, 0.717) is 16.5 Å². The lowest BCUT2D eigenvalue weighted by molar-refractivity contribution is -0.124. The van der Waals surface area contributed by atoms with Crippen molar-refractivity contribution >= 4 is 34.1 Å². The van der Waals surface area contributed by atoms with Gasteiger partial charge in [0, 0.05) is 10.9 Å². The zero-order valence-electron chi connectivity index (χ0n) is 17.3. The number of fused-ring (bicyclic) bond motifs is 6. The summed E-state index contributed by atoms with van der Waals surface area (Å²) in [5.41, 5.74) is 1.67. The molecule has 0 aromatic carbocycles. The Bertz CT molecular complexity index is 906. The first-order chi connectivity index (χ1) is 14.5. The summed E-state index contributed by atoms with van der Waals surface area (Å²) in [7, 11) is 0. The van der Waals surface area contributed by atoms with Gasteiger partial charge < -0.3 is 10.1 Å². The first-order valence-electron chi connectivity index (χ1n) is 11.5. The molecule has 160 valence electrons. The summed E-state index contributed by atoms with van der Waals surface area (Å²) in [6.45, 7) is 2.23. The zero-order chi connectivity index (χ0) is 20.6. The second kappa shape index (κ2) is 6.89. The molecule has 1 N–H and O–H groups in total. The van der Waals surface area contributed by atoms with E-state index >= 15 is 0 Å². The number of nitrogens with zero attached hydrogens (tertiary/aromatic N) is 1. The van der Waals surface area contributed by atoms with Crippen LogP contribution < -0.4 is 10.2 Å². The van der Waals surface area contributed by atoms with Crippen molar-refractivity contribution < 1.29 is 19.1 Å². The van der Waals surface area contributed by atoms with E-state index in [1.54, 1.807) is 0 Å². The number of imide groups is 1. The minimum absolute atomic E-state index is 0.0964. The third-order valence-corrected chi connectivity index (χ3v) is 9.14. The predicted octanol–water partition coefficient (Wildman–Crippen LogP) is 3.21. The maximum absolute atomic E-state index is 13.4. The third-order valence-electron chi connectivity index (χ3n) is 7.90. The van der Waals surface area contributed by atoms with Gasteiger partial charge in [-0.15, -0.1) is 11.3 Å². The van der Waals surface area contributed by atoms with Crippen molar-refractivity contribution in [3.63, 3.8) is 0 Å². The maximum Gasteiger partial charge on any atom is 0.254 e. The molecule has 5 aliphatic rings. The third kappa shape index (κ3) is 2.67. The summed E-state index contributed by atoms with van der Waals surface area (Å²) in [6, 6.07) is 0.206. The molecule has 0 unspecified atom stereocenters. The van der Waals surface area contributed by atoms with Crippen LogP contribution in [-0.4, -0.2) is 36.0 Å². The van der Waals surface area contributed by atoms with Crippen molar-refractivity contribution in [1.29, 1.82) is 0 Å². The van der Waals surface area contributed by atoms with Crippen LogP contribution in [0.2, 0.25) is 0 Å². The number of hydrogen-bond acceptors (Lipinski definition) is 5. The van der Waals surface area contributed by atoms with Crippen LogP contribution in [0.15, 0.2) is 0 Å². The van der Waals surface area contributed by atoms with Gasteiger partial charge in [-0.1, -0.05) is 19.8 Å². The SMILES string of the molecule is C[C@H]1CCc2c(sc(N3C(=O)[C@@H]4[C@@H](C3=O)[C@H]3CC[C@@H]4O3)c2C(=O)NC2CCCC2)C1. The highest BCUT2D eigenvalue weighted by molar-refractivity contribution is 7.17. The molecule has 6 nitrogen and oxygen atoms in total. The average molecular weight is 429 g/mol. The molecule has 1 aromatic rings. The molecule has 1 aromatic heterocycles. The van der Waals surface area contributed by atoms with E-state index in [2.05, 4.69) is 12.2 Å². The highest BCUT2D eigenvalue weighted by atomic mass is 32.1. The van der Waals surface area contributed by atoms with Crippen LogP contribution in [-0.2, 0) is 27.2 Å². The number of anilines is 1. The fourth-order valence-electron chi connectivity index (χ4n) is 6.37. The summed E-state index contributed by atoms with van der Waals surface area (Å²) in [6.07, 6.45) is 8.56. The smallest absolute Gasteiger partial charge is 0.254 e. The molecule has 2 bridgehead atoms. The minimum atomic E-state index is -0.361. The summed E-state index contributed by atoms with van der Waals surface area (Å²) in [4.78, 5) is 42.7. The molecule has 6 rings (SSSR count). The maximum atomic E-state index is 13.4. The van der Waals surface area contributed by atoms with Gasteiger partial charge in [0.15, 0.2) is 0 Å². The molecular formula is C23H28N2O4S. The second-order valence-electron chi connectivity index (χ2n) is 9.84. The Morgan fingerprint density at radius 2 is 1.70 bits per heavy atom. The van der Waals surface area contributed by atoms with E-state index in [4.69, 9.17) is 4.74 Å². The van der Waals surface area contributed by atoms with Gasteiger partial charge in [0.25, 0.3) is 5.91 Å². The van der Waals surface area contributed by atoms with Crippen molar-refractivity contribution in [2.75, 3.05) is 4.90 Å². The molecule has 4 fully saturated rings. The van der Waals surface area contributed by atoms with Crippen LogP contribution in [0.1, 0.15) is 72.7 Å². The van der Waals surface area contributed by atoms with Crippen LogP contribution in [0, 0.1) is 17.8 Å². The summed E-state index contributed by atoms with van der Waals surface area (Å²) in [5.74, 6) is -0.568. The van der Waals surface area contributed by atoms with E-state index in [0.717, 1.165) is 63.4 Å². The Balaban J connectivity index is 1.40. The van der Waals surface area contributed by atoms with E-state index in [1.807, 2.05) is 0 Å². The summed E-state index contributed by atoms with van der Waals surface area (Å²) in [5, 5.41) is 3.79. The van der Waals surface area contributed by atoms with Crippen LogP contribution in [0.25, 0.3) is 0 Å². The van der Waals surface area contributed by atoms with Crippen molar-refractivity contribution in [3.8, 4) is 0 Å². The topological polar surface area (TPSA) is 75.7 Å². The van der Waals surface area contributed by atoms with E-state index in [9.17, 15) is 14.4 Å². The molecule has 5 atom stereocenters. The fraction of sp³-hybridized carbons (Fsp3) is 0.696. The number of ether oxygens (including phenoxy) is 1. The molecule has 2 aliphatic carbocycles. The van der Waals surface area contributed by atoms with Crippen molar-refractivity contribution in [2.45, 2.75) is 83.0 Å². The average Bonchev–Trinajstić information content (AvgIpc) is 3.51. The molecule has 0 spiro atoms. The Morgan fingerprint density at radius 1 is 1.03 bits per heavy atom. The lowest BCUT2D eigenvalue weighted by Gasteiger charge is -2.21. The van der Waals surface area contributed by atoms with Crippen LogP contribution in [0.3, 0.4) is 0 Å². The van der Waals surface area contributed by atoms with Gasteiger partial charge in [-0.2, -0.15) is 0 Å². The second-order valence-corrected chi connectivity index (χ2v) is 10.9. The monoisotopic (exact) mass is 428 g/mol. The van der Waals surface area contributed by atoms with Gasteiger partial charge in [-0.3, -0.25) is 14.4 Å². The molecular weight excluding hydrogens is 400 g/mol. The van der Waals surface area contributed by atoms with Crippen molar-refractivity contribution in [2.24, 2.45) is 17.8 Å². The molecule has 1 saturated carbocycles. The van der Waals surface area contributed by atoms with Gasteiger partial charge in [0.2, 0.25) is 11.8 Å². The van der Waals surface area contributed by atoms with Crippen LogP contribution in [0.4, 0.5) is 5.00 Å². The quantitative estimate of drug-likeness (QED) is 0.750. The Labute approximate surface area is 180 Å². The molecule has 3 amide bonds. The molecule has 4 heterocycles. The Hall–Kier alpha value is -1.73. The summed E-state index contributed by atoms with van der Waals surface area (Å²) >= 11 is 1.50. The Morgan fingerprint density at radius 3 is 2.37 bits per heavy atom. The Kier molecular flexibility index (Phi) is 4.36. The number of carbonyl (C=O) groups is 3. The fourth-order valence-corrected chi connectivity index (χ4v) is 7.89. The van der Waals surface area contributed by atoms with Crippen LogP contribution in [0.5, 0.6) is 0 Å². The van der Waals surface area contributed by atoms with E-state index in [-0.39, 0.29) is 47.8 Å². The minimum Gasteiger partial charge on any atom is -0.373 e. The van der Waals surface area contributed by atoms with Gasteiger partial charge in [0.05, 0.1) is 29.6 Å². The number of carbonyl (C=O) groups excluding carboxylic acids is 3. The molecule has 3 saturated heterocycles. The van der Waals surface area contributed by atoms with Crippen molar-refractivity contribution in [3.05, 3.63) is 16.0 Å². The van der Waals surface area contributed by atoms with Gasteiger partial charge in [0.1, 0.15) is 5.00 Å². The van der Waals surface area contributed by atoms with E-state index in [1.165, 1.54) is 21.1 Å². The largest absolute Gasteiger partial charge is 0.373 e. The normalized spacial score (nSPS) is 35.2. The number of thiophene rings is 1. The number of nitrogens with one attached hydrogen (secondary N) is 1. The predicted molar refractivity (Wildman–Crippen MR) is 113 cm³/mol. The lowest BCUT2D eigenvalue weighted by Crippen LogP contribution is -2.37. The standard InChI is InChI=1S/C23H28N2O4S/c1-11-6-7-13-16(10-11)30-23(17(13)20(26)24-12-4-2-3-5-12)25-21(27)18-14-8-9-15(29-14)19(18)22(25)28/h11-12,14-15,18-19H,2-10H2,1H3,(H,24,26)/t11-,14-,15+,18-,19-/m0/s1. The molecule has 0 radical (unpaired) electrons. The van der Waals surface area contributed by atoms with Gasteiger partial charge in [-0.25, -0.2) is 4.90 Å². The number of hydrogen-bond donors (Lipinski definition) is 1. The number of amides is 3. The van der Waals surface area contributed by atoms with E-state index < -0.39 is 0 Å². The number of rotatable bonds is 3. The first-order valence-corrected chi connectivity index (χ1v) is 12.3. The highest BCUT2D eigenvalue weighted by Gasteiger charge is 2.63. The van der Waals surface area contributed by atoms with Gasteiger partial charge in [-0.05, 0) is 56.4 Å². The highest BCUT2D eigenvalue weighted by Crippen LogP contribution is 2.52. The lowest BCUT2D eigenvalue weighted by atomic mass is 9.81. The molecule has 3 aliphatic heterocycles. The van der Waals surface area contributed by atoms with Crippen LogP contribution >= 0.6 is 11.3 Å². The first kappa shape index (κ1) is 19.0. The molecule has 7 heteroatoms. The summed E-state index contributed by atoms with van der Waals surface area (Å²) < 4.78 is 5.88. The van der Waals surface area contributed by atoms with Gasteiger partial charge >= 0.3 is 0 Å².